The van der Waals surface area contributed by atoms with Gasteiger partial charge in [-0.05, 0) is 24.9 Å². The van der Waals surface area contributed by atoms with E-state index in [0.29, 0.717) is 11.7 Å². The lowest BCUT2D eigenvalue weighted by atomic mass is 9.94. The van der Waals surface area contributed by atoms with Gasteiger partial charge in [0.15, 0.2) is 0 Å². The van der Waals surface area contributed by atoms with Crippen molar-refractivity contribution in [2.75, 3.05) is 18.8 Å². The average molecular weight is 256 g/mol. The summed E-state index contributed by atoms with van der Waals surface area (Å²) in [4.78, 5) is 2.51. The highest BCUT2D eigenvalue weighted by Gasteiger charge is 2.22. The minimum Gasteiger partial charge on any atom is -0.382 e. The maximum Gasteiger partial charge on any atom is 0.145 e. The predicted molar refractivity (Wildman–Crippen MR) is 76.7 cm³/mol. The summed E-state index contributed by atoms with van der Waals surface area (Å²) < 4.78 is 0. The largest absolute Gasteiger partial charge is 0.382 e. The van der Waals surface area contributed by atoms with Crippen LogP contribution in [0.15, 0.2) is 36.4 Å². The number of nitrogens with two attached hydrogens (primary N) is 1. The molecule has 1 fully saturated rings. The summed E-state index contributed by atoms with van der Waals surface area (Å²) in [6, 6.07) is 12.6. The monoisotopic (exact) mass is 256 g/mol. The van der Waals surface area contributed by atoms with E-state index in [1.807, 2.05) is 6.07 Å². The zero-order valence-corrected chi connectivity index (χ0v) is 11.0. The van der Waals surface area contributed by atoms with Crippen LogP contribution in [0.25, 0.3) is 0 Å². The standard InChI is InChI=1S/C15H20N4/c16-15-9-14(17-18-15)13-7-4-8-19(11-13)10-12-5-2-1-3-6-12/h1-3,5-6,9,13H,4,7-8,10-11H2,(H3,16,17,18)/t13-/m1/s1. The lowest BCUT2D eigenvalue weighted by Crippen LogP contribution is -2.34. The van der Waals surface area contributed by atoms with Gasteiger partial charge in [0, 0.05) is 30.8 Å². The lowest BCUT2D eigenvalue weighted by Gasteiger charge is -2.32. The van der Waals surface area contributed by atoms with Gasteiger partial charge in [-0.1, -0.05) is 30.3 Å². The van der Waals surface area contributed by atoms with E-state index < -0.39 is 0 Å². The van der Waals surface area contributed by atoms with Crippen LogP contribution in [0.5, 0.6) is 0 Å². The Kier molecular flexibility index (Phi) is 3.51. The molecule has 0 aliphatic carbocycles. The van der Waals surface area contributed by atoms with Crippen molar-refractivity contribution in [3.63, 3.8) is 0 Å². The van der Waals surface area contributed by atoms with E-state index in [4.69, 9.17) is 5.73 Å². The molecule has 0 amide bonds. The number of benzene rings is 1. The van der Waals surface area contributed by atoms with Crippen LogP contribution in [0.2, 0.25) is 0 Å². The van der Waals surface area contributed by atoms with Gasteiger partial charge in [-0.15, -0.1) is 0 Å². The van der Waals surface area contributed by atoms with Crippen LogP contribution in [0.3, 0.4) is 0 Å². The first-order valence-electron chi connectivity index (χ1n) is 6.88. The number of aromatic amines is 1. The van der Waals surface area contributed by atoms with E-state index in [0.717, 1.165) is 13.1 Å². The van der Waals surface area contributed by atoms with Crippen LogP contribution in [0, 0.1) is 0 Å². The summed E-state index contributed by atoms with van der Waals surface area (Å²) in [6.07, 6.45) is 2.45. The van der Waals surface area contributed by atoms with Crippen LogP contribution in [-0.2, 0) is 6.54 Å². The van der Waals surface area contributed by atoms with E-state index in [1.165, 1.54) is 30.6 Å². The number of anilines is 1. The first-order valence-corrected chi connectivity index (χ1v) is 6.88. The van der Waals surface area contributed by atoms with Crippen molar-refractivity contribution in [3.05, 3.63) is 47.7 Å². The predicted octanol–water partition coefficient (Wildman–Crippen LogP) is 2.37. The molecule has 2 heterocycles. The number of likely N-dealkylation sites (tertiary alicyclic amines) is 1. The van der Waals surface area contributed by atoms with E-state index in [-0.39, 0.29) is 0 Å². The second-order valence-electron chi connectivity index (χ2n) is 5.31. The summed E-state index contributed by atoms with van der Waals surface area (Å²) in [7, 11) is 0. The summed E-state index contributed by atoms with van der Waals surface area (Å²) in [5.74, 6) is 1.12. The Labute approximate surface area is 113 Å². The highest BCUT2D eigenvalue weighted by Crippen LogP contribution is 2.27. The molecule has 1 atom stereocenters. The van der Waals surface area contributed by atoms with Gasteiger partial charge in [-0.2, -0.15) is 5.10 Å². The molecule has 0 unspecified atom stereocenters. The number of nitrogens with one attached hydrogen (secondary N) is 1. The number of H-pyrrole nitrogens is 1. The molecule has 3 N–H and O–H groups in total. The molecule has 0 spiro atoms. The number of hydrogen-bond donors (Lipinski definition) is 2. The lowest BCUT2D eigenvalue weighted by molar-refractivity contribution is 0.198. The number of hydrogen-bond acceptors (Lipinski definition) is 3. The first-order chi connectivity index (χ1) is 9.31. The third-order valence-electron chi connectivity index (χ3n) is 3.81. The van der Waals surface area contributed by atoms with Gasteiger partial charge >= 0.3 is 0 Å². The minimum absolute atomic E-state index is 0.530. The zero-order chi connectivity index (χ0) is 13.1. The molecule has 1 aromatic heterocycles. The van der Waals surface area contributed by atoms with Gasteiger partial charge in [0.25, 0.3) is 0 Å². The Hall–Kier alpha value is -1.81. The van der Waals surface area contributed by atoms with Crippen molar-refractivity contribution < 1.29 is 0 Å². The van der Waals surface area contributed by atoms with Gasteiger partial charge in [0.1, 0.15) is 5.82 Å². The van der Waals surface area contributed by atoms with Gasteiger partial charge in [0.05, 0.1) is 0 Å². The third kappa shape index (κ3) is 2.96. The summed E-state index contributed by atoms with van der Waals surface area (Å²) in [5, 5.41) is 7.09. The molecule has 0 bridgehead atoms. The van der Waals surface area contributed by atoms with E-state index >= 15 is 0 Å². The van der Waals surface area contributed by atoms with E-state index in [9.17, 15) is 0 Å². The molecule has 4 heteroatoms. The van der Waals surface area contributed by atoms with Crippen molar-refractivity contribution in [2.24, 2.45) is 0 Å². The summed E-state index contributed by atoms with van der Waals surface area (Å²) in [5.41, 5.74) is 8.25. The first kappa shape index (κ1) is 12.2. The fourth-order valence-electron chi connectivity index (χ4n) is 2.86. The fourth-order valence-corrected chi connectivity index (χ4v) is 2.86. The molecule has 1 aromatic carbocycles. The van der Waals surface area contributed by atoms with Crippen LogP contribution >= 0.6 is 0 Å². The van der Waals surface area contributed by atoms with Crippen LogP contribution in [0.4, 0.5) is 5.82 Å². The molecule has 0 radical (unpaired) electrons. The molecule has 1 saturated heterocycles. The van der Waals surface area contributed by atoms with E-state index in [1.54, 1.807) is 0 Å². The second-order valence-corrected chi connectivity index (χ2v) is 5.31. The Morgan fingerprint density at radius 3 is 2.89 bits per heavy atom. The maximum absolute atomic E-state index is 5.69. The molecule has 19 heavy (non-hydrogen) atoms. The topological polar surface area (TPSA) is 57.9 Å². The van der Waals surface area contributed by atoms with Crippen molar-refractivity contribution >= 4 is 5.82 Å². The SMILES string of the molecule is Nc1cc([C@@H]2CCCN(Cc3ccccc3)C2)[nH]n1. The van der Waals surface area contributed by atoms with E-state index in [2.05, 4.69) is 45.4 Å². The Morgan fingerprint density at radius 1 is 1.32 bits per heavy atom. The maximum atomic E-state index is 5.69. The number of nitrogens with zero attached hydrogens (tertiary/aromatic N) is 2. The number of aromatic nitrogens is 2. The minimum atomic E-state index is 0.530. The van der Waals surface area contributed by atoms with Gasteiger partial charge < -0.3 is 5.73 Å². The van der Waals surface area contributed by atoms with Crippen molar-refractivity contribution in [1.29, 1.82) is 0 Å². The molecule has 3 rings (SSSR count). The Morgan fingerprint density at radius 2 is 2.16 bits per heavy atom. The van der Waals surface area contributed by atoms with Crippen LogP contribution in [0.1, 0.15) is 30.0 Å². The highest BCUT2D eigenvalue weighted by atomic mass is 15.2. The van der Waals surface area contributed by atoms with Gasteiger partial charge in [0.2, 0.25) is 0 Å². The molecule has 0 saturated carbocycles. The smallest absolute Gasteiger partial charge is 0.145 e. The third-order valence-corrected chi connectivity index (χ3v) is 3.81. The fraction of sp³-hybridized carbons (Fsp3) is 0.400. The van der Waals surface area contributed by atoms with Crippen molar-refractivity contribution in [3.8, 4) is 0 Å². The molecular formula is C15H20N4. The number of piperidine rings is 1. The molecular weight excluding hydrogens is 236 g/mol. The van der Waals surface area contributed by atoms with Crippen molar-refractivity contribution in [2.45, 2.75) is 25.3 Å². The van der Waals surface area contributed by atoms with Gasteiger partial charge in [-0.3, -0.25) is 10.00 Å². The number of nitrogen functional groups attached to an aromatic ring is 1. The second kappa shape index (κ2) is 5.45. The van der Waals surface area contributed by atoms with Gasteiger partial charge in [-0.25, -0.2) is 0 Å². The van der Waals surface area contributed by atoms with Crippen LogP contribution in [-0.4, -0.2) is 28.2 Å². The summed E-state index contributed by atoms with van der Waals surface area (Å²) >= 11 is 0. The highest BCUT2D eigenvalue weighted by molar-refractivity contribution is 5.30. The molecule has 1 aliphatic heterocycles. The summed E-state index contributed by atoms with van der Waals surface area (Å²) in [6.45, 7) is 3.28. The zero-order valence-electron chi connectivity index (χ0n) is 11.0. The van der Waals surface area contributed by atoms with Crippen molar-refractivity contribution in [1.82, 2.24) is 15.1 Å². The Bertz CT molecular complexity index is 520. The molecule has 2 aromatic rings. The van der Waals surface area contributed by atoms with Crippen LogP contribution < -0.4 is 5.73 Å². The molecule has 4 nitrogen and oxygen atoms in total. The molecule has 100 valence electrons. The average Bonchev–Trinajstić information content (AvgIpc) is 2.87. The normalized spacial score (nSPS) is 20.5. The molecule has 1 aliphatic rings. The number of rotatable bonds is 3. The Balaban J connectivity index is 1.65. The quantitative estimate of drug-likeness (QED) is 0.886.